The maximum Gasteiger partial charge on any atom is 0.198 e. The number of hydrogen-bond acceptors (Lipinski definition) is 8. The molecule has 0 unspecified atom stereocenters. The zero-order valence-corrected chi connectivity index (χ0v) is 17.3. The lowest BCUT2D eigenvalue weighted by molar-refractivity contribution is 0.0974. The van der Waals surface area contributed by atoms with Crippen LogP contribution in [0.15, 0.2) is 46.2 Å². The molecule has 0 aromatic heterocycles. The van der Waals surface area contributed by atoms with E-state index in [0.29, 0.717) is 0 Å². The second-order valence-corrected chi connectivity index (χ2v) is 11.0. The van der Waals surface area contributed by atoms with Crippen molar-refractivity contribution in [3.8, 4) is 11.5 Å². The summed E-state index contributed by atoms with van der Waals surface area (Å²) in [5.41, 5.74) is -1.67. The van der Waals surface area contributed by atoms with Crippen molar-refractivity contribution in [3.05, 3.63) is 58.7 Å². The third-order valence-electron chi connectivity index (χ3n) is 4.99. The number of benzene rings is 3. The topological polar surface area (TPSA) is 143 Å². The zero-order chi connectivity index (χ0) is 22.2. The van der Waals surface area contributed by atoms with E-state index in [1.54, 1.807) is 12.1 Å². The second kappa shape index (κ2) is 6.13. The van der Waals surface area contributed by atoms with Gasteiger partial charge in [-0.25, -0.2) is 16.8 Å². The van der Waals surface area contributed by atoms with Gasteiger partial charge in [0.2, 0.25) is 0 Å². The molecule has 30 heavy (non-hydrogen) atoms. The summed E-state index contributed by atoms with van der Waals surface area (Å²) >= 11 is 0. The summed E-state index contributed by atoms with van der Waals surface area (Å²) in [6, 6.07) is 7.69. The lowest BCUT2D eigenvalue weighted by atomic mass is 9.81. The standard InChI is InChI=1S/C20H14O8S2/c1-29(25,26)13-7-11-12(8-14(13)30(2,27)28)20(24)16-15(19(11)23)17(21)9-5-3-4-6-10(9)18(16)22/h3-8,21-22H,1-2H3. The summed E-state index contributed by atoms with van der Waals surface area (Å²) < 4.78 is 48.7. The number of aromatic hydroxyl groups is 2. The van der Waals surface area contributed by atoms with Gasteiger partial charge in [-0.2, -0.15) is 0 Å². The number of hydrogen-bond donors (Lipinski definition) is 2. The molecule has 0 aliphatic heterocycles. The first kappa shape index (κ1) is 20.0. The van der Waals surface area contributed by atoms with Crippen LogP contribution in [-0.4, -0.2) is 51.1 Å². The van der Waals surface area contributed by atoms with Crippen molar-refractivity contribution in [1.82, 2.24) is 0 Å². The molecule has 10 heteroatoms. The minimum absolute atomic E-state index is 0.134. The van der Waals surface area contributed by atoms with Gasteiger partial charge >= 0.3 is 0 Å². The largest absolute Gasteiger partial charge is 0.506 e. The molecule has 0 heterocycles. The van der Waals surface area contributed by atoms with Gasteiger partial charge < -0.3 is 10.2 Å². The number of sulfone groups is 2. The Morgan fingerprint density at radius 1 is 0.667 bits per heavy atom. The average Bonchev–Trinajstić information content (AvgIpc) is 2.66. The van der Waals surface area contributed by atoms with Gasteiger partial charge in [-0.15, -0.1) is 0 Å². The molecule has 0 atom stereocenters. The lowest BCUT2D eigenvalue weighted by Gasteiger charge is -2.22. The lowest BCUT2D eigenvalue weighted by Crippen LogP contribution is -2.23. The smallest absolute Gasteiger partial charge is 0.198 e. The van der Waals surface area contributed by atoms with Crippen molar-refractivity contribution in [2.45, 2.75) is 9.79 Å². The summed E-state index contributed by atoms with van der Waals surface area (Å²) in [6.45, 7) is 0. The van der Waals surface area contributed by atoms with Crippen molar-refractivity contribution in [2.24, 2.45) is 0 Å². The first-order chi connectivity index (χ1) is 13.8. The molecule has 2 N–H and O–H groups in total. The van der Waals surface area contributed by atoms with Gasteiger partial charge in [0, 0.05) is 34.4 Å². The van der Waals surface area contributed by atoms with Crippen LogP contribution in [0.5, 0.6) is 11.5 Å². The summed E-state index contributed by atoms with van der Waals surface area (Å²) in [4.78, 5) is 25.0. The van der Waals surface area contributed by atoms with Gasteiger partial charge in [0.25, 0.3) is 0 Å². The number of ketones is 2. The van der Waals surface area contributed by atoms with E-state index in [4.69, 9.17) is 0 Å². The van der Waals surface area contributed by atoms with Crippen LogP contribution in [0.4, 0.5) is 0 Å². The summed E-state index contributed by atoms with van der Waals surface area (Å²) in [6.07, 6.45) is 1.56. The monoisotopic (exact) mass is 446 g/mol. The van der Waals surface area contributed by atoms with Gasteiger partial charge in [-0.05, 0) is 12.1 Å². The molecule has 0 spiro atoms. The second-order valence-electron chi connectivity index (χ2n) is 7.04. The molecule has 0 bridgehead atoms. The van der Waals surface area contributed by atoms with E-state index in [1.165, 1.54) is 12.1 Å². The Labute approximate surface area is 171 Å². The predicted molar refractivity (Wildman–Crippen MR) is 107 cm³/mol. The zero-order valence-electron chi connectivity index (χ0n) is 15.6. The Kier molecular flexibility index (Phi) is 4.10. The summed E-state index contributed by atoms with van der Waals surface area (Å²) in [5.74, 6) is -2.86. The van der Waals surface area contributed by atoms with E-state index >= 15 is 0 Å². The molecule has 154 valence electrons. The maximum atomic E-state index is 13.1. The normalized spacial score (nSPS) is 13.9. The minimum Gasteiger partial charge on any atom is -0.506 e. The Morgan fingerprint density at radius 3 is 1.30 bits per heavy atom. The number of rotatable bonds is 2. The van der Waals surface area contributed by atoms with Crippen LogP contribution < -0.4 is 0 Å². The maximum absolute atomic E-state index is 13.1. The van der Waals surface area contributed by atoms with Crippen molar-refractivity contribution in [2.75, 3.05) is 12.5 Å². The Morgan fingerprint density at radius 2 is 1.00 bits per heavy atom. The van der Waals surface area contributed by atoms with Crippen LogP contribution in [0.2, 0.25) is 0 Å². The van der Waals surface area contributed by atoms with Gasteiger partial charge in [-0.3, -0.25) is 9.59 Å². The van der Waals surface area contributed by atoms with E-state index in [2.05, 4.69) is 0 Å². The highest BCUT2D eigenvalue weighted by Gasteiger charge is 2.38. The number of carbonyl (C=O) groups excluding carboxylic acids is 2. The SMILES string of the molecule is CS(=O)(=O)c1cc2c(cc1S(C)(=O)=O)C(=O)c1c(c(O)c3ccccc3c1O)C2=O. The first-order valence-corrected chi connectivity index (χ1v) is 12.3. The van der Waals surface area contributed by atoms with Gasteiger partial charge in [-0.1, -0.05) is 24.3 Å². The van der Waals surface area contributed by atoms with Crippen molar-refractivity contribution in [1.29, 1.82) is 0 Å². The van der Waals surface area contributed by atoms with E-state index in [-0.39, 0.29) is 21.9 Å². The number of phenolic OH excluding ortho intramolecular Hbond substituents is 2. The van der Waals surface area contributed by atoms with Crippen LogP contribution in [0.1, 0.15) is 31.8 Å². The fraction of sp³-hybridized carbons (Fsp3) is 0.100. The van der Waals surface area contributed by atoms with Crippen LogP contribution in [0.3, 0.4) is 0 Å². The van der Waals surface area contributed by atoms with Crippen LogP contribution in [0, 0.1) is 0 Å². The molecule has 0 radical (unpaired) electrons. The average molecular weight is 446 g/mol. The fourth-order valence-corrected chi connectivity index (χ4v) is 6.05. The van der Waals surface area contributed by atoms with Crippen molar-refractivity contribution >= 4 is 42.0 Å². The molecule has 8 nitrogen and oxygen atoms in total. The Balaban J connectivity index is 2.16. The molecule has 3 aromatic rings. The summed E-state index contributed by atoms with van der Waals surface area (Å²) in [7, 11) is -8.15. The quantitative estimate of drug-likeness (QED) is 0.444. The molecule has 3 aromatic carbocycles. The Hall–Kier alpha value is -3.24. The first-order valence-electron chi connectivity index (χ1n) is 8.48. The highest BCUT2D eigenvalue weighted by Crippen LogP contribution is 2.45. The van der Waals surface area contributed by atoms with Gasteiger partial charge in [0.1, 0.15) is 11.5 Å². The third-order valence-corrected chi connectivity index (χ3v) is 7.39. The molecule has 1 aliphatic rings. The number of phenols is 2. The highest BCUT2D eigenvalue weighted by atomic mass is 32.2. The molecule has 4 rings (SSSR count). The molecule has 1 aliphatic carbocycles. The molecule has 0 saturated carbocycles. The van der Waals surface area contributed by atoms with Crippen LogP contribution >= 0.6 is 0 Å². The van der Waals surface area contributed by atoms with Gasteiger partial charge in [0.15, 0.2) is 31.2 Å². The third kappa shape index (κ3) is 2.71. The Bertz CT molecular complexity index is 1420. The predicted octanol–water partition coefficient (Wildman–Crippen LogP) is 1.83. The number of fused-ring (bicyclic) bond motifs is 3. The molecule has 0 saturated heterocycles. The van der Waals surface area contributed by atoms with Crippen molar-refractivity contribution in [3.63, 3.8) is 0 Å². The molecular weight excluding hydrogens is 432 g/mol. The van der Waals surface area contributed by atoms with Crippen LogP contribution in [-0.2, 0) is 19.7 Å². The van der Waals surface area contributed by atoms with Gasteiger partial charge in [0.05, 0.1) is 20.9 Å². The highest BCUT2D eigenvalue weighted by molar-refractivity contribution is 7.93. The van der Waals surface area contributed by atoms with Crippen molar-refractivity contribution < 1.29 is 36.6 Å². The molecule has 0 amide bonds. The fourth-order valence-electron chi connectivity index (χ4n) is 3.63. The number of carbonyl (C=O) groups is 2. The van der Waals surface area contributed by atoms with Crippen LogP contribution in [0.25, 0.3) is 10.8 Å². The molecular formula is C20H14O8S2. The van der Waals surface area contributed by atoms with E-state index < -0.39 is 63.7 Å². The van der Waals surface area contributed by atoms with E-state index in [9.17, 15) is 36.6 Å². The minimum atomic E-state index is -4.08. The summed E-state index contributed by atoms with van der Waals surface area (Å²) in [5, 5.41) is 21.6. The molecule has 0 fully saturated rings. The van der Waals surface area contributed by atoms with E-state index in [1.807, 2.05) is 0 Å². The van der Waals surface area contributed by atoms with E-state index in [0.717, 1.165) is 24.6 Å².